The third-order valence-electron chi connectivity index (χ3n) is 2.42. The molecule has 0 aromatic heterocycles. The summed E-state index contributed by atoms with van der Waals surface area (Å²) in [6.07, 6.45) is 11.9. The van der Waals surface area contributed by atoms with Crippen molar-refractivity contribution in [1.82, 2.24) is 5.32 Å². The zero-order valence-electron chi connectivity index (χ0n) is 7.97. The summed E-state index contributed by atoms with van der Waals surface area (Å²) < 4.78 is 0. The van der Waals surface area contributed by atoms with Gasteiger partial charge in [0.1, 0.15) is 0 Å². The van der Waals surface area contributed by atoms with Gasteiger partial charge in [-0.3, -0.25) is 0 Å². The molecule has 0 spiro atoms. The van der Waals surface area contributed by atoms with Crippen LogP contribution in [0.3, 0.4) is 0 Å². The summed E-state index contributed by atoms with van der Waals surface area (Å²) in [6.45, 7) is 3.28. The summed E-state index contributed by atoms with van der Waals surface area (Å²) in [5.41, 5.74) is 0. The van der Waals surface area contributed by atoms with E-state index in [0.717, 1.165) is 18.9 Å². The van der Waals surface area contributed by atoms with Crippen LogP contribution in [0.2, 0.25) is 0 Å². The van der Waals surface area contributed by atoms with Crippen molar-refractivity contribution in [2.75, 3.05) is 6.54 Å². The van der Waals surface area contributed by atoms with E-state index >= 15 is 0 Å². The molecule has 1 N–H and O–H groups in total. The van der Waals surface area contributed by atoms with Gasteiger partial charge in [-0.1, -0.05) is 32.1 Å². The summed E-state index contributed by atoms with van der Waals surface area (Å²) >= 11 is 0. The van der Waals surface area contributed by atoms with Crippen LogP contribution in [0.5, 0.6) is 0 Å². The van der Waals surface area contributed by atoms with Crippen LogP contribution in [0.4, 0.5) is 0 Å². The molecule has 1 rings (SSSR count). The van der Waals surface area contributed by atoms with Crippen molar-refractivity contribution in [3.63, 3.8) is 0 Å². The fraction of sp³-hybridized carbons (Fsp3) is 0.818. The Bertz CT molecular complexity index is 153. The molecule has 1 heteroatoms. The molecule has 0 saturated heterocycles. The van der Waals surface area contributed by atoms with Crippen molar-refractivity contribution in [3.05, 3.63) is 0 Å². The minimum Gasteiger partial charge on any atom is -0.304 e. The first kappa shape index (κ1) is 9.61. The van der Waals surface area contributed by atoms with Gasteiger partial charge in [0.15, 0.2) is 0 Å². The summed E-state index contributed by atoms with van der Waals surface area (Å²) in [5, 5.41) is 3.41. The van der Waals surface area contributed by atoms with E-state index in [9.17, 15) is 0 Å². The van der Waals surface area contributed by atoms with Gasteiger partial charge in [0.25, 0.3) is 0 Å². The smallest absolute Gasteiger partial charge is 0.0686 e. The monoisotopic (exact) mass is 165 g/mol. The highest BCUT2D eigenvalue weighted by molar-refractivity contribution is 4.98. The molecule has 1 nitrogen and oxygen atoms in total. The minimum absolute atomic E-state index is 0.314. The van der Waals surface area contributed by atoms with Gasteiger partial charge in [-0.2, -0.15) is 0 Å². The molecule has 1 fully saturated rings. The Morgan fingerprint density at radius 3 is 2.83 bits per heavy atom. The van der Waals surface area contributed by atoms with Crippen molar-refractivity contribution >= 4 is 0 Å². The van der Waals surface area contributed by atoms with E-state index in [1.807, 2.05) is 0 Å². The van der Waals surface area contributed by atoms with Gasteiger partial charge in [-0.05, 0) is 25.3 Å². The van der Waals surface area contributed by atoms with Crippen LogP contribution in [-0.2, 0) is 0 Å². The van der Waals surface area contributed by atoms with Gasteiger partial charge in [-0.15, -0.1) is 6.42 Å². The van der Waals surface area contributed by atoms with Crippen LogP contribution in [0, 0.1) is 18.3 Å². The maximum Gasteiger partial charge on any atom is 0.0686 e. The van der Waals surface area contributed by atoms with Crippen molar-refractivity contribution in [2.45, 2.75) is 45.1 Å². The Labute approximate surface area is 75.9 Å². The second-order valence-electron chi connectivity index (χ2n) is 3.69. The fourth-order valence-corrected chi connectivity index (χ4v) is 1.40. The van der Waals surface area contributed by atoms with Gasteiger partial charge in [0.2, 0.25) is 0 Å². The van der Waals surface area contributed by atoms with E-state index in [2.05, 4.69) is 18.2 Å². The van der Waals surface area contributed by atoms with Crippen LogP contribution in [0.25, 0.3) is 0 Å². The Hall–Kier alpha value is -0.480. The SMILES string of the molecule is C#CC(CCC)NCCC1CC1. The van der Waals surface area contributed by atoms with E-state index in [-0.39, 0.29) is 0 Å². The van der Waals surface area contributed by atoms with Crippen molar-refractivity contribution in [1.29, 1.82) is 0 Å². The lowest BCUT2D eigenvalue weighted by Crippen LogP contribution is -2.28. The van der Waals surface area contributed by atoms with Crippen molar-refractivity contribution in [3.8, 4) is 12.3 Å². The molecule has 0 radical (unpaired) electrons. The van der Waals surface area contributed by atoms with E-state index < -0.39 is 0 Å². The highest BCUT2D eigenvalue weighted by Gasteiger charge is 2.20. The Kier molecular flexibility index (Phi) is 4.18. The van der Waals surface area contributed by atoms with E-state index in [4.69, 9.17) is 6.42 Å². The summed E-state index contributed by atoms with van der Waals surface area (Å²) in [7, 11) is 0. The molecular formula is C11H19N. The van der Waals surface area contributed by atoms with Crippen LogP contribution >= 0.6 is 0 Å². The molecule has 1 aliphatic rings. The summed E-state index contributed by atoms with van der Waals surface area (Å²) in [5.74, 6) is 3.80. The maximum atomic E-state index is 5.38. The Morgan fingerprint density at radius 2 is 2.33 bits per heavy atom. The molecule has 0 aliphatic heterocycles. The largest absolute Gasteiger partial charge is 0.304 e. The Balaban J connectivity index is 1.98. The lowest BCUT2D eigenvalue weighted by atomic mass is 10.1. The highest BCUT2D eigenvalue weighted by Crippen LogP contribution is 2.31. The number of hydrogen-bond donors (Lipinski definition) is 1. The molecule has 68 valence electrons. The van der Waals surface area contributed by atoms with Gasteiger partial charge in [0, 0.05) is 0 Å². The minimum atomic E-state index is 0.314. The molecular weight excluding hydrogens is 146 g/mol. The molecule has 12 heavy (non-hydrogen) atoms. The molecule has 1 saturated carbocycles. The van der Waals surface area contributed by atoms with Gasteiger partial charge < -0.3 is 5.32 Å². The predicted molar refractivity (Wildman–Crippen MR) is 52.9 cm³/mol. The van der Waals surface area contributed by atoms with E-state index in [0.29, 0.717) is 6.04 Å². The van der Waals surface area contributed by atoms with Gasteiger partial charge in [-0.25, -0.2) is 0 Å². The van der Waals surface area contributed by atoms with Gasteiger partial charge >= 0.3 is 0 Å². The first-order valence-corrected chi connectivity index (χ1v) is 5.06. The number of terminal acetylenes is 1. The van der Waals surface area contributed by atoms with Crippen molar-refractivity contribution < 1.29 is 0 Å². The normalized spacial score (nSPS) is 18.7. The van der Waals surface area contributed by atoms with Crippen LogP contribution in [-0.4, -0.2) is 12.6 Å². The third kappa shape index (κ3) is 3.78. The summed E-state index contributed by atoms with van der Waals surface area (Å²) in [4.78, 5) is 0. The van der Waals surface area contributed by atoms with Crippen LogP contribution < -0.4 is 5.32 Å². The zero-order valence-corrected chi connectivity index (χ0v) is 7.97. The highest BCUT2D eigenvalue weighted by atomic mass is 14.9. The maximum absolute atomic E-state index is 5.38. The molecule has 1 unspecified atom stereocenters. The first-order chi connectivity index (χ1) is 5.86. The van der Waals surface area contributed by atoms with Crippen molar-refractivity contribution in [2.24, 2.45) is 5.92 Å². The molecule has 1 atom stereocenters. The zero-order chi connectivity index (χ0) is 8.81. The second-order valence-corrected chi connectivity index (χ2v) is 3.69. The lowest BCUT2D eigenvalue weighted by Gasteiger charge is -2.10. The molecule has 0 amide bonds. The second kappa shape index (κ2) is 5.22. The average molecular weight is 165 g/mol. The number of hydrogen-bond acceptors (Lipinski definition) is 1. The first-order valence-electron chi connectivity index (χ1n) is 5.06. The predicted octanol–water partition coefficient (Wildman–Crippen LogP) is 2.18. The van der Waals surface area contributed by atoms with E-state index in [1.165, 1.54) is 25.7 Å². The van der Waals surface area contributed by atoms with Gasteiger partial charge in [0.05, 0.1) is 6.04 Å². The van der Waals surface area contributed by atoms with Crippen LogP contribution in [0.15, 0.2) is 0 Å². The number of nitrogens with one attached hydrogen (secondary N) is 1. The lowest BCUT2D eigenvalue weighted by molar-refractivity contribution is 0.535. The number of rotatable bonds is 6. The molecule has 0 bridgehead atoms. The molecule has 1 aliphatic carbocycles. The topological polar surface area (TPSA) is 12.0 Å². The quantitative estimate of drug-likeness (QED) is 0.595. The van der Waals surface area contributed by atoms with E-state index in [1.54, 1.807) is 0 Å². The molecule has 0 heterocycles. The average Bonchev–Trinajstić information content (AvgIpc) is 2.87. The third-order valence-corrected chi connectivity index (χ3v) is 2.42. The van der Waals surface area contributed by atoms with Crippen LogP contribution in [0.1, 0.15) is 39.0 Å². The summed E-state index contributed by atoms with van der Waals surface area (Å²) in [6, 6.07) is 0.314. The molecule has 0 aromatic rings. The molecule has 0 aromatic carbocycles. The Morgan fingerprint density at radius 1 is 1.58 bits per heavy atom. The standard InChI is InChI=1S/C11H19N/c1-3-5-11(4-2)12-9-8-10-6-7-10/h2,10-12H,3,5-9H2,1H3. The fourth-order valence-electron chi connectivity index (χ4n) is 1.40.